The van der Waals surface area contributed by atoms with Gasteiger partial charge in [0.1, 0.15) is 11.5 Å². The third kappa shape index (κ3) is 4.33. The number of nitrogens with one attached hydrogen (secondary N) is 1. The van der Waals surface area contributed by atoms with Crippen LogP contribution >= 0.6 is 0 Å². The van der Waals surface area contributed by atoms with Gasteiger partial charge in [0.15, 0.2) is 0 Å². The Morgan fingerprint density at radius 3 is 2.67 bits per heavy atom. The molecule has 2 aromatic rings. The molecule has 0 unspecified atom stereocenters. The van der Waals surface area contributed by atoms with Crippen LogP contribution in [0.3, 0.4) is 0 Å². The first-order valence-corrected chi connectivity index (χ1v) is 9.42. The van der Waals surface area contributed by atoms with Crippen LogP contribution < -0.4 is 10.2 Å². The van der Waals surface area contributed by atoms with E-state index in [0.717, 1.165) is 50.7 Å². The number of carbonyl (C=O) groups excluding carboxylic acids is 1. The third-order valence-electron chi connectivity index (χ3n) is 5.05. The monoisotopic (exact) mass is 368 g/mol. The molecule has 8 heteroatoms. The number of pyridine rings is 1. The fourth-order valence-corrected chi connectivity index (χ4v) is 3.53. The first-order chi connectivity index (χ1) is 13.3. The average molecular weight is 368 g/mol. The van der Waals surface area contributed by atoms with Gasteiger partial charge >= 0.3 is 0 Å². The Kier molecular flexibility index (Phi) is 5.43. The van der Waals surface area contributed by atoms with E-state index in [4.69, 9.17) is 4.74 Å². The van der Waals surface area contributed by atoms with Crippen LogP contribution in [-0.2, 0) is 4.74 Å². The summed E-state index contributed by atoms with van der Waals surface area (Å²) in [5.41, 5.74) is 1.55. The zero-order valence-corrected chi connectivity index (χ0v) is 15.3. The van der Waals surface area contributed by atoms with Crippen molar-refractivity contribution in [2.24, 2.45) is 0 Å². The Balaban J connectivity index is 1.35. The van der Waals surface area contributed by atoms with Crippen molar-refractivity contribution in [2.45, 2.75) is 18.9 Å². The van der Waals surface area contributed by atoms with Gasteiger partial charge in [0.2, 0.25) is 0 Å². The number of likely N-dealkylation sites (tertiary alicyclic amines) is 1. The maximum Gasteiger partial charge on any atom is 0.272 e. The number of carbonyl (C=O) groups is 1. The highest BCUT2D eigenvalue weighted by Crippen LogP contribution is 2.20. The van der Waals surface area contributed by atoms with Gasteiger partial charge in [-0.25, -0.2) is 0 Å². The lowest BCUT2D eigenvalue weighted by Crippen LogP contribution is -2.43. The molecule has 0 saturated carbocycles. The van der Waals surface area contributed by atoms with E-state index in [1.165, 1.54) is 0 Å². The number of anilines is 2. The van der Waals surface area contributed by atoms with Crippen LogP contribution in [0.15, 0.2) is 36.7 Å². The number of hydrogen-bond acceptors (Lipinski definition) is 7. The molecule has 2 fully saturated rings. The summed E-state index contributed by atoms with van der Waals surface area (Å²) in [6.07, 6.45) is 5.14. The van der Waals surface area contributed by atoms with E-state index >= 15 is 0 Å². The second-order valence-electron chi connectivity index (χ2n) is 6.82. The van der Waals surface area contributed by atoms with Crippen molar-refractivity contribution in [2.75, 3.05) is 49.6 Å². The van der Waals surface area contributed by atoms with E-state index in [9.17, 15) is 4.79 Å². The minimum atomic E-state index is 0.00284. The van der Waals surface area contributed by atoms with Crippen molar-refractivity contribution in [3.8, 4) is 0 Å². The van der Waals surface area contributed by atoms with Gasteiger partial charge in [-0.3, -0.25) is 9.78 Å². The molecule has 0 aliphatic carbocycles. The van der Waals surface area contributed by atoms with Crippen LogP contribution in [-0.4, -0.2) is 71.4 Å². The lowest BCUT2D eigenvalue weighted by atomic mass is 10.0. The number of morpholine rings is 1. The van der Waals surface area contributed by atoms with Gasteiger partial charge in [-0.15, -0.1) is 5.10 Å². The summed E-state index contributed by atoms with van der Waals surface area (Å²) < 4.78 is 5.40. The third-order valence-corrected chi connectivity index (χ3v) is 5.05. The molecule has 27 heavy (non-hydrogen) atoms. The highest BCUT2D eigenvalue weighted by atomic mass is 16.5. The van der Waals surface area contributed by atoms with Crippen LogP contribution in [0, 0.1) is 0 Å². The predicted molar refractivity (Wildman–Crippen MR) is 102 cm³/mol. The number of amides is 1. The molecule has 4 heterocycles. The second-order valence-corrected chi connectivity index (χ2v) is 6.82. The highest BCUT2D eigenvalue weighted by molar-refractivity contribution is 5.93. The Labute approximate surface area is 158 Å². The van der Waals surface area contributed by atoms with Gasteiger partial charge in [0.25, 0.3) is 5.91 Å². The molecule has 2 aromatic heterocycles. The van der Waals surface area contributed by atoms with E-state index in [1.54, 1.807) is 12.4 Å². The summed E-state index contributed by atoms with van der Waals surface area (Å²) >= 11 is 0. The maximum absolute atomic E-state index is 12.9. The first kappa shape index (κ1) is 17.7. The van der Waals surface area contributed by atoms with E-state index in [1.807, 2.05) is 29.2 Å². The predicted octanol–water partition coefficient (Wildman–Crippen LogP) is 1.42. The molecule has 0 bridgehead atoms. The van der Waals surface area contributed by atoms with Crippen LogP contribution in [0.25, 0.3) is 0 Å². The van der Waals surface area contributed by atoms with Crippen LogP contribution in [0.2, 0.25) is 0 Å². The number of piperidine rings is 1. The van der Waals surface area contributed by atoms with E-state index in [0.29, 0.717) is 24.8 Å². The molecular formula is C19H24N6O2. The number of nitrogens with zero attached hydrogens (tertiary/aromatic N) is 5. The minimum Gasteiger partial charge on any atom is -0.378 e. The van der Waals surface area contributed by atoms with Crippen LogP contribution in [0.5, 0.6) is 0 Å². The smallest absolute Gasteiger partial charge is 0.272 e. The molecule has 4 rings (SSSR count). The number of rotatable bonds is 4. The van der Waals surface area contributed by atoms with Gasteiger partial charge in [0, 0.05) is 50.3 Å². The van der Waals surface area contributed by atoms with Gasteiger partial charge < -0.3 is 19.9 Å². The molecule has 1 N–H and O–H groups in total. The van der Waals surface area contributed by atoms with Crippen molar-refractivity contribution in [3.05, 3.63) is 42.4 Å². The van der Waals surface area contributed by atoms with Gasteiger partial charge in [-0.05, 0) is 37.1 Å². The lowest BCUT2D eigenvalue weighted by molar-refractivity contribution is 0.0712. The minimum absolute atomic E-state index is 0.00284. The van der Waals surface area contributed by atoms with Gasteiger partial charge in [0.05, 0.1) is 13.2 Å². The molecular weight excluding hydrogens is 344 g/mol. The van der Waals surface area contributed by atoms with Crippen LogP contribution in [0.4, 0.5) is 11.5 Å². The lowest BCUT2D eigenvalue weighted by Gasteiger charge is -2.33. The molecule has 142 valence electrons. The molecule has 0 radical (unpaired) electrons. The summed E-state index contributed by atoms with van der Waals surface area (Å²) in [5, 5.41) is 11.3. The summed E-state index contributed by atoms with van der Waals surface area (Å²) in [6, 6.07) is 7.93. The van der Waals surface area contributed by atoms with E-state index in [2.05, 4.69) is 25.4 Å². The van der Waals surface area contributed by atoms with E-state index < -0.39 is 0 Å². The molecule has 2 aliphatic rings. The van der Waals surface area contributed by atoms with Gasteiger partial charge in [-0.2, -0.15) is 5.10 Å². The second kappa shape index (κ2) is 8.30. The molecule has 2 aliphatic heterocycles. The Morgan fingerprint density at radius 1 is 1.11 bits per heavy atom. The number of ether oxygens (including phenoxy) is 1. The number of hydrogen-bond donors (Lipinski definition) is 1. The normalized spacial score (nSPS) is 18.4. The van der Waals surface area contributed by atoms with Crippen molar-refractivity contribution >= 4 is 17.4 Å². The Morgan fingerprint density at radius 2 is 1.93 bits per heavy atom. The molecule has 1 amide bonds. The average Bonchev–Trinajstić information content (AvgIpc) is 2.75. The van der Waals surface area contributed by atoms with Gasteiger partial charge in [-0.1, -0.05) is 0 Å². The molecule has 0 spiro atoms. The van der Waals surface area contributed by atoms with Crippen molar-refractivity contribution in [1.29, 1.82) is 0 Å². The first-order valence-electron chi connectivity index (χ1n) is 9.42. The van der Waals surface area contributed by atoms with Crippen molar-refractivity contribution in [3.63, 3.8) is 0 Å². The maximum atomic E-state index is 12.9. The van der Waals surface area contributed by atoms with Crippen LogP contribution in [0.1, 0.15) is 23.3 Å². The van der Waals surface area contributed by atoms with E-state index in [-0.39, 0.29) is 5.91 Å². The summed E-state index contributed by atoms with van der Waals surface area (Å²) in [4.78, 5) is 21.3. The Hall–Kier alpha value is -2.74. The van der Waals surface area contributed by atoms with Crippen molar-refractivity contribution < 1.29 is 9.53 Å². The van der Waals surface area contributed by atoms with Crippen molar-refractivity contribution in [1.82, 2.24) is 20.1 Å². The standard InChI is InChI=1S/C19H24N6O2/c26-19(17-14-16(3-7-20-17)24-10-12-27-13-11-24)25-8-4-15(5-9-25)22-18-2-1-6-21-23-18/h1-3,6-7,14-15H,4-5,8-13H2,(H,22,23). The topological polar surface area (TPSA) is 83.5 Å². The quantitative estimate of drug-likeness (QED) is 0.874. The molecule has 2 saturated heterocycles. The zero-order valence-electron chi connectivity index (χ0n) is 15.3. The molecule has 8 nitrogen and oxygen atoms in total. The SMILES string of the molecule is O=C(c1cc(N2CCOCC2)ccn1)N1CCC(Nc2cccnn2)CC1. The number of aromatic nitrogens is 3. The summed E-state index contributed by atoms with van der Waals surface area (Å²) in [5.74, 6) is 0.783. The summed E-state index contributed by atoms with van der Waals surface area (Å²) in [6.45, 7) is 4.55. The largest absolute Gasteiger partial charge is 0.378 e. The zero-order chi connectivity index (χ0) is 18.5. The molecule has 0 atom stereocenters. The fourth-order valence-electron chi connectivity index (χ4n) is 3.53. The highest BCUT2D eigenvalue weighted by Gasteiger charge is 2.25. The summed E-state index contributed by atoms with van der Waals surface area (Å²) in [7, 11) is 0. The molecule has 0 aromatic carbocycles. The fraction of sp³-hybridized carbons (Fsp3) is 0.474. The Bertz CT molecular complexity index is 758.